The summed E-state index contributed by atoms with van der Waals surface area (Å²) in [7, 11) is 0. The fourth-order valence-corrected chi connectivity index (χ4v) is 8.08. The lowest BCUT2D eigenvalue weighted by Crippen LogP contribution is -2.10. The highest BCUT2D eigenvalue weighted by Gasteiger charge is 2.19. The van der Waals surface area contributed by atoms with E-state index in [4.69, 9.17) is 8.83 Å². The van der Waals surface area contributed by atoms with Gasteiger partial charge < -0.3 is 13.7 Å². The van der Waals surface area contributed by atoms with Gasteiger partial charge in [-0.3, -0.25) is 0 Å². The molecule has 248 valence electrons. The van der Waals surface area contributed by atoms with Crippen molar-refractivity contribution in [3.63, 3.8) is 0 Å². The minimum absolute atomic E-state index is 0.861. The molecule has 2 heterocycles. The van der Waals surface area contributed by atoms with E-state index >= 15 is 0 Å². The van der Waals surface area contributed by atoms with E-state index in [2.05, 4.69) is 181 Å². The van der Waals surface area contributed by atoms with Crippen LogP contribution in [0.2, 0.25) is 0 Å². The third kappa shape index (κ3) is 4.82. The zero-order valence-electron chi connectivity index (χ0n) is 28.7. The highest BCUT2D eigenvalue weighted by Crippen LogP contribution is 2.43. The van der Waals surface area contributed by atoms with Gasteiger partial charge in [-0.2, -0.15) is 0 Å². The van der Waals surface area contributed by atoms with Gasteiger partial charge in [0.2, 0.25) is 0 Å². The molecule has 0 saturated heterocycles. The predicted octanol–water partition coefficient (Wildman–Crippen LogP) is 14.6. The van der Waals surface area contributed by atoms with Gasteiger partial charge in [-0.25, -0.2) is 0 Å². The van der Waals surface area contributed by atoms with Crippen molar-refractivity contribution in [3.8, 4) is 22.3 Å². The Kier molecular flexibility index (Phi) is 6.55. The summed E-state index contributed by atoms with van der Waals surface area (Å²) in [6.07, 6.45) is 0. The molecule has 53 heavy (non-hydrogen) atoms. The van der Waals surface area contributed by atoms with E-state index in [1.165, 1.54) is 27.3 Å². The number of furan rings is 2. The monoisotopic (exact) mass is 677 g/mol. The maximum atomic E-state index is 6.56. The summed E-state index contributed by atoms with van der Waals surface area (Å²) in [6.45, 7) is 0. The van der Waals surface area contributed by atoms with E-state index < -0.39 is 0 Å². The normalized spacial score (nSPS) is 11.8. The molecule has 0 saturated carbocycles. The van der Waals surface area contributed by atoms with Gasteiger partial charge in [0, 0.05) is 50.1 Å². The van der Waals surface area contributed by atoms with Crippen LogP contribution >= 0.6 is 0 Å². The average Bonchev–Trinajstić information content (AvgIpc) is 3.80. The van der Waals surface area contributed by atoms with Crippen LogP contribution in [0.4, 0.5) is 17.1 Å². The lowest BCUT2D eigenvalue weighted by Gasteiger charge is -2.26. The van der Waals surface area contributed by atoms with Gasteiger partial charge in [-0.05, 0) is 99.1 Å². The first kappa shape index (κ1) is 29.6. The van der Waals surface area contributed by atoms with E-state index in [1.54, 1.807) is 0 Å². The first-order chi connectivity index (χ1) is 26.2. The Bertz CT molecular complexity index is 3180. The van der Waals surface area contributed by atoms with Crippen molar-refractivity contribution in [3.05, 3.63) is 188 Å². The molecule has 2 aromatic heterocycles. The van der Waals surface area contributed by atoms with Crippen LogP contribution < -0.4 is 4.90 Å². The second kappa shape index (κ2) is 11.7. The van der Waals surface area contributed by atoms with Crippen LogP contribution in [0, 0.1) is 0 Å². The molecule has 0 atom stereocenters. The molecule has 3 nitrogen and oxygen atoms in total. The predicted molar refractivity (Wildman–Crippen MR) is 222 cm³/mol. The molecule has 0 N–H and O–H groups in total. The fourth-order valence-electron chi connectivity index (χ4n) is 8.08. The number of benzene rings is 9. The molecular formula is C50H31NO2. The molecule has 0 bridgehead atoms. The number of nitrogens with zero attached hydrogens (tertiary/aromatic N) is 1. The number of hydrogen-bond donors (Lipinski definition) is 0. The van der Waals surface area contributed by atoms with Crippen molar-refractivity contribution >= 4 is 82.5 Å². The quantitative estimate of drug-likeness (QED) is 0.182. The molecule has 11 aromatic rings. The van der Waals surface area contributed by atoms with E-state index in [0.717, 1.165) is 77.5 Å². The topological polar surface area (TPSA) is 29.5 Å². The van der Waals surface area contributed by atoms with Gasteiger partial charge >= 0.3 is 0 Å². The summed E-state index contributed by atoms with van der Waals surface area (Å²) < 4.78 is 13.0. The van der Waals surface area contributed by atoms with Gasteiger partial charge in [0.25, 0.3) is 0 Å². The SMILES string of the molecule is c1cc(-c2cccc3oc4c5ccccc5ccc4c23)cc(N(c2ccc(-c3ccc4ccccc4c3)cc2)c2ccc3c(c2)oc2ccccc23)c1. The molecule has 0 spiro atoms. The van der Waals surface area contributed by atoms with Crippen LogP contribution in [-0.2, 0) is 0 Å². The smallest absolute Gasteiger partial charge is 0.143 e. The Labute approximate surface area is 305 Å². The number of para-hydroxylation sites is 1. The molecule has 0 amide bonds. The molecule has 11 rings (SSSR count). The van der Waals surface area contributed by atoms with E-state index in [-0.39, 0.29) is 0 Å². The van der Waals surface area contributed by atoms with Crippen molar-refractivity contribution in [2.24, 2.45) is 0 Å². The maximum absolute atomic E-state index is 6.56. The van der Waals surface area contributed by atoms with Gasteiger partial charge in [-0.15, -0.1) is 0 Å². The van der Waals surface area contributed by atoms with E-state index in [9.17, 15) is 0 Å². The van der Waals surface area contributed by atoms with Crippen LogP contribution in [0.3, 0.4) is 0 Å². The third-order valence-electron chi connectivity index (χ3n) is 10.6. The summed E-state index contributed by atoms with van der Waals surface area (Å²) in [5.74, 6) is 0. The molecule has 0 aliphatic heterocycles. The van der Waals surface area contributed by atoms with Crippen molar-refractivity contribution in [1.29, 1.82) is 0 Å². The highest BCUT2D eigenvalue weighted by atomic mass is 16.3. The lowest BCUT2D eigenvalue weighted by atomic mass is 9.97. The van der Waals surface area contributed by atoms with E-state index in [0.29, 0.717) is 0 Å². The molecule has 0 aliphatic rings. The van der Waals surface area contributed by atoms with Crippen LogP contribution in [0.1, 0.15) is 0 Å². The molecule has 0 aliphatic carbocycles. The molecular weight excluding hydrogens is 647 g/mol. The first-order valence-electron chi connectivity index (χ1n) is 18.0. The number of hydrogen-bond acceptors (Lipinski definition) is 3. The number of rotatable bonds is 5. The summed E-state index contributed by atoms with van der Waals surface area (Å²) in [4.78, 5) is 2.32. The lowest BCUT2D eigenvalue weighted by molar-refractivity contribution is 0.669. The summed E-state index contributed by atoms with van der Waals surface area (Å²) in [6, 6.07) is 66.8. The first-order valence-corrected chi connectivity index (χ1v) is 18.0. The Morgan fingerprint density at radius 3 is 1.89 bits per heavy atom. The second-order valence-electron chi connectivity index (χ2n) is 13.7. The van der Waals surface area contributed by atoms with Crippen LogP contribution in [0.5, 0.6) is 0 Å². The standard InChI is InChI=1S/C50H31NO2/c1-2-11-35-29-36(20-19-32(35)9-1)33-21-24-38(25-22-33)51(40-26-28-44-43-15-5-6-17-46(43)52-48(44)31-40)39-13-7-12-37(30-39)41-16-8-18-47-49(41)45-27-23-34-10-3-4-14-42(34)50(45)53-47/h1-31H. The highest BCUT2D eigenvalue weighted by molar-refractivity contribution is 6.19. The largest absolute Gasteiger partial charge is 0.456 e. The van der Waals surface area contributed by atoms with E-state index in [1.807, 2.05) is 12.1 Å². The van der Waals surface area contributed by atoms with Gasteiger partial charge in [0.1, 0.15) is 22.3 Å². The molecule has 0 unspecified atom stereocenters. The van der Waals surface area contributed by atoms with Gasteiger partial charge in [-0.1, -0.05) is 121 Å². The minimum Gasteiger partial charge on any atom is -0.456 e. The Morgan fingerprint density at radius 2 is 0.981 bits per heavy atom. The molecule has 3 heteroatoms. The summed E-state index contributed by atoms with van der Waals surface area (Å²) in [5, 5.41) is 9.25. The zero-order valence-corrected chi connectivity index (χ0v) is 28.7. The molecule has 0 radical (unpaired) electrons. The second-order valence-corrected chi connectivity index (χ2v) is 13.7. The number of fused-ring (bicyclic) bond motifs is 9. The molecule has 9 aromatic carbocycles. The van der Waals surface area contributed by atoms with Crippen molar-refractivity contribution in [2.75, 3.05) is 4.90 Å². The van der Waals surface area contributed by atoms with Gasteiger partial charge in [0.05, 0.1) is 0 Å². The Hall–Kier alpha value is -7.10. The van der Waals surface area contributed by atoms with Crippen LogP contribution in [0.15, 0.2) is 197 Å². The third-order valence-corrected chi connectivity index (χ3v) is 10.6. The van der Waals surface area contributed by atoms with Gasteiger partial charge in [0.15, 0.2) is 0 Å². The maximum Gasteiger partial charge on any atom is 0.143 e. The Morgan fingerprint density at radius 1 is 0.321 bits per heavy atom. The Balaban J connectivity index is 1.07. The summed E-state index contributed by atoms with van der Waals surface area (Å²) in [5.41, 5.74) is 11.3. The van der Waals surface area contributed by atoms with Crippen molar-refractivity contribution in [2.45, 2.75) is 0 Å². The molecule has 0 fully saturated rings. The zero-order chi connectivity index (χ0) is 34.9. The summed E-state index contributed by atoms with van der Waals surface area (Å²) >= 11 is 0. The minimum atomic E-state index is 0.861. The van der Waals surface area contributed by atoms with Crippen molar-refractivity contribution in [1.82, 2.24) is 0 Å². The van der Waals surface area contributed by atoms with Crippen LogP contribution in [-0.4, -0.2) is 0 Å². The average molecular weight is 678 g/mol. The van der Waals surface area contributed by atoms with Crippen LogP contribution in [0.25, 0.3) is 87.7 Å². The van der Waals surface area contributed by atoms with Crippen molar-refractivity contribution < 1.29 is 8.83 Å². The fraction of sp³-hybridized carbons (Fsp3) is 0. The number of anilines is 3.